The number of aromatic nitrogens is 2. The zero-order valence-corrected chi connectivity index (χ0v) is 18.7. The second kappa shape index (κ2) is 9.64. The smallest absolute Gasteiger partial charge is 0.290 e. The first-order valence-corrected chi connectivity index (χ1v) is 11.5. The Morgan fingerprint density at radius 1 is 1.13 bits per heavy atom. The first-order chi connectivity index (χ1) is 15.1. The van der Waals surface area contributed by atoms with E-state index in [9.17, 15) is 9.59 Å². The lowest BCUT2D eigenvalue weighted by Gasteiger charge is -2.37. The summed E-state index contributed by atoms with van der Waals surface area (Å²) in [6.07, 6.45) is 5.79. The summed E-state index contributed by atoms with van der Waals surface area (Å²) in [6.45, 7) is 6.76. The van der Waals surface area contributed by atoms with E-state index in [1.54, 1.807) is 6.20 Å². The number of carbonyl (C=O) groups excluding carboxylic acids is 2. The standard InChI is InChI=1S/C24H33N5O2/c1-3-4-12-29(20-10-13-26(2)14-11-20)23(30)21-18-27-15-16-28(24(31)22(27)25-21)17-19-8-6-5-7-9-19/h5-9,18,20H,3-4,10-17H2,1-2H3. The van der Waals surface area contributed by atoms with E-state index >= 15 is 0 Å². The van der Waals surface area contributed by atoms with Gasteiger partial charge in [0.15, 0.2) is 5.82 Å². The van der Waals surface area contributed by atoms with E-state index in [0.29, 0.717) is 31.2 Å². The van der Waals surface area contributed by atoms with Crippen molar-refractivity contribution in [1.82, 2.24) is 24.3 Å². The molecule has 0 bridgehead atoms. The quantitative estimate of drug-likeness (QED) is 0.687. The van der Waals surface area contributed by atoms with E-state index in [0.717, 1.165) is 50.9 Å². The molecule has 0 unspecified atom stereocenters. The third-order valence-corrected chi connectivity index (χ3v) is 6.44. The van der Waals surface area contributed by atoms with Gasteiger partial charge in [0, 0.05) is 38.4 Å². The molecule has 1 aromatic heterocycles. The molecule has 0 radical (unpaired) electrons. The first kappa shape index (κ1) is 21.6. The molecule has 2 aliphatic heterocycles. The number of benzene rings is 1. The number of fused-ring (bicyclic) bond motifs is 1. The summed E-state index contributed by atoms with van der Waals surface area (Å²) in [7, 11) is 2.13. The molecular formula is C24H33N5O2. The van der Waals surface area contributed by atoms with Gasteiger partial charge in [-0.1, -0.05) is 43.7 Å². The Kier molecular flexibility index (Phi) is 6.70. The number of imidazole rings is 1. The van der Waals surface area contributed by atoms with Gasteiger partial charge < -0.3 is 19.3 Å². The lowest BCUT2D eigenvalue weighted by molar-refractivity contribution is 0.0582. The van der Waals surface area contributed by atoms with Gasteiger partial charge in [0.1, 0.15) is 5.69 Å². The molecule has 0 atom stereocenters. The Morgan fingerprint density at radius 2 is 1.87 bits per heavy atom. The maximum absolute atomic E-state index is 13.4. The summed E-state index contributed by atoms with van der Waals surface area (Å²) in [5, 5.41) is 0. The molecule has 166 valence electrons. The van der Waals surface area contributed by atoms with Crippen LogP contribution in [-0.4, -0.2) is 75.3 Å². The largest absolute Gasteiger partial charge is 0.334 e. The summed E-state index contributed by atoms with van der Waals surface area (Å²) >= 11 is 0. The number of hydrogen-bond acceptors (Lipinski definition) is 4. The Bertz CT molecular complexity index is 902. The Labute approximate surface area is 184 Å². The molecule has 7 heteroatoms. The minimum Gasteiger partial charge on any atom is -0.334 e. The molecule has 1 aromatic carbocycles. The molecule has 31 heavy (non-hydrogen) atoms. The molecule has 2 aromatic rings. The molecule has 0 N–H and O–H groups in total. The molecule has 1 saturated heterocycles. The van der Waals surface area contributed by atoms with E-state index in [1.165, 1.54) is 0 Å². The number of hydrogen-bond donors (Lipinski definition) is 0. The van der Waals surface area contributed by atoms with Crippen LogP contribution >= 0.6 is 0 Å². The molecule has 1 fully saturated rings. The van der Waals surface area contributed by atoms with Crippen molar-refractivity contribution in [3.63, 3.8) is 0 Å². The van der Waals surface area contributed by atoms with Crippen LogP contribution in [-0.2, 0) is 13.1 Å². The average Bonchev–Trinajstić information content (AvgIpc) is 3.23. The Morgan fingerprint density at radius 3 is 2.58 bits per heavy atom. The van der Waals surface area contributed by atoms with Gasteiger partial charge in [0.25, 0.3) is 11.8 Å². The minimum atomic E-state index is -0.103. The number of piperidine rings is 1. The van der Waals surface area contributed by atoms with Crippen molar-refractivity contribution in [2.75, 3.05) is 33.2 Å². The van der Waals surface area contributed by atoms with Crippen LogP contribution in [0.1, 0.15) is 59.3 Å². The molecule has 2 amide bonds. The van der Waals surface area contributed by atoms with Crippen molar-refractivity contribution >= 4 is 11.8 Å². The number of carbonyl (C=O) groups is 2. The second-order valence-electron chi connectivity index (χ2n) is 8.74. The van der Waals surface area contributed by atoms with Gasteiger partial charge in [-0.2, -0.15) is 0 Å². The SMILES string of the molecule is CCCCN(C(=O)c1cn2c(n1)C(=O)N(Cc1ccccc1)CC2)C1CCN(C)CC1. The van der Waals surface area contributed by atoms with Crippen LogP contribution in [0.25, 0.3) is 0 Å². The van der Waals surface area contributed by atoms with Gasteiger partial charge in [-0.25, -0.2) is 4.98 Å². The van der Waals surface area contributed by atoms with Gasteiger partial charge in [-0.3, -0.25) is 9.59 Å². The molecular weight excluding hydrogens is 390 g/mol. The monoisotopic (exact) mass is 423 g/mol. The second-order valence-corrected chi connectivity index (χ2v) is 8.74. The number of amides is 2. The fraction of sp³-hybridized carbons (Fsp3) is 0.542. The van der Waals surface area contributed by atoms with E-state index in [-0.39, 0.29) is 17.9 Å². The topological polar surface area (TPSA) is 61.7 Å². The predicted octanol–water partition coefficient (Wildman–Crippen LogP) is 2.88. The molecule has 2 aliphatic rings. The third-order valence-electron chi connectivity index (χ3n) is 6.44. The maximum atomic E-state index is 13.4. The summed E-state index contributed by atoms with van der Waals surface area (Å²) in [5.74, 6) is 0.241. The zero-order valence-electron chi connectivity index (χ0n) is 18.7. The molecule has 3 heterocycles. The molecule has 0 saturated carbocycles. The summed E-state index contributed by atoms with van der Waals surface area (Å²) in [5.41, 5.74) is 1.50. The third kappa shape index (κ3) is 4.82. The summed E-state index contributed by atoms with van der Waals surface area (Å²) in [4.78, 5) is 37.2. The lowest BCUT2D eigenvalue weighted by Crippen LogP contribution is -2.47. The Balaban J connectivity index is 1.50. The number of unbranched alkanes of at least 4 members (excludes halogenated alkanes) is 1. The van der Waals surface area contributed by atoms with Crippen molar-refractivity contribution < 1.29 is 9.59 Å². The van der Waals surface area contributed by atoms with Crippen LogP contribution in [0.5, 0.6) is 0 Å². The van der Waals surface area contributed by atoms with Crippen LogP contribution in [0.15, 0.2) is 36.5 Å². The Hall–Kier alpha value is -2.67. The first-order valence-electron chi connectivity index (χ1n) is 11.5. The average molecular weight is 424 g/mol. The van der Waals surface area contributed by atoms with Crippen LogP contribution in [0, 0.1) is 0 Å². The van der Waals surface area contributed by atoms with Gasteiger partial charge >= 0.3 is 0 Å². The normalized spacial score (nSPS) is 17.6. The van der Waals surface area contributed by atoms with Crippen LogP contribution < -0.4 is 0 Å². The van der Waals surface area contributed by atoms with Gasteiger partial charge in [-0.05, 0) is 45.0 Å². The highest BCUT2D eigenvalue weighted by atomic mass is 16.2. The van der Waals surface area contributed by atoms with Crippen LogP contribution in [0.3, 0.4) is 0 Å². The van der Waals surface area contributed by atoms with Gasteiger partial charge in [0.2, 0.25) is 0 Å². The summed E-state index contributed by atoms with van der Waals surface area (Å²) in [6, 6.07) is 10.2. The highest BCUT2D eigenvalue weighted by Crippen LogP contribution is 2.21. The highest BCUT2D eigenvalue weighted by molar-refractivity contribution is 5.96. The van der Waals surface area contributed by atoms with Crippen LogP contribution in [0.4, 0.5) is 0 Å². The van der Waals surface area contributed by atoms with Crippen molar-refractivity contribution in [3.05, 3.63) is 53.6 Å². The van der Waals surface area contributed by atoms with Gasteiger partial charge in [-0.15, -0.1) is 0 Å². The highest BCUT2D eigenvalue weighted by Gasteiger charge is 2.32. The van der Waals surface area contributed by atoms with Crippen molar-refractivity contribution in [1.29, 1.82) is 0 Å². The fourth-order valence-corrected chi connectivity index (χ4v) is 4.52. The van der Waals surface area contributed by atoms with E-state index in [1.807, 2.05) is 44.7 Å². The van der Waals surface area contributed by atoms with E-state index in [4.69, 9.17) is 0 Å². The summed E-state index contributed by atoms with van der Waals surface area (Å²) < 4.78 is 1.85. The maximum Gasteiger partial charge on any atom is 0.290 e. The molecule has 0 aliphatic carbocycles. The number of nitrogens with zero attached hydrogens (tertiary/aromatic N) is 5. The molecule has 7 nitrogen and oxygen atoms in total. The number of rotatable bonds is 7. The van der Waals surface area contributed by atoms with Crippen molar-refractivity contribution in [2.24, 2.45) is 0 Å². The number of likely N-dealkylation sites (tertiary alicyclic amines) is 1. The van der Waals surface area contributed by atoms with E-state index in [2.05, 4.69) is 23.9 Å². The predicted molar refractivity (Wildman–Crippen MR) is 120 cm³/mol. The van der Waals surface area contributed by atoms with Crippen LogP contribution in [0.2, 0.25) is 0 Å². The zero-order chi connectivity index (χ0) is 21.8. The minimum absolute atomic E-state index is 0.0349. The molecule has 0 spiro atoms. The fourth-order valence-electron chi connectivity index (χ4n) is 4.52. The molecule has 4 rings (SSSR count). The van der Waals surface area contributed by atoms with Crippen molar-refractivity contribution in [3.8, 4) is 0 Å². The van der Waals surface area contributed by atoms with Crippen molar-refractivity contribution in [2.45, 2.75) is 51.7 Å². The lowest BCUT2D eigenvalue weighted by atomic mass is 10.0. The van der Waals surface area contributed by atoms with E-state index < -0.39 is 0 Å². The van der Waals surface area contributed by atoms with Gasteiger partial charge in [0.05, 0.1) is 0 Å².